The van der Waals surface area contributed by atoms with Crippen LogP contribution in [0.25, 0.3) is 83.4 Å². The van der Waals surface area contributed by atoms with Crippen LogP contribution in [0.4, 0.5) is 0 Å². The summed E-state index contributed by atoms with van der Waals surface area (Å²) in [6, 6.07) is 87.9. The summed E-state index contributed by atoms with van der Waals surface area (Å²) >= 11 is 4.40. The van der Waals surface area contributed by atoms with E-state index in [1.165, 1.54) is 65.4 Å². The minimum absolute atomic E-state index is 0.0573. The molecule has 1 aliphatic carbocycles. The molecular formula is C79H64N4OPtS-2. The number of nitrogens with zero attached hydrogens (tertiary/aromatic N) is 4. The third-order valence-corrected chi connectivity index (χ3v) is 19.9. The van der Waals surface area contributed by atoms with E-state index in [9.17, 15) is 0 Å². The molecule has 0 atom stereocenters. The number of benzene rings is 10. The number of ether oxygens (including phenoxy) is 1. The number of hydrogen-bond donors (Lipinski definition) is 0. The van der Waals surface area contributed by atoms with Crippen molar-refractivity contribution in [1.82, 2.24) is 18.7 Å². The van der Waals surface area contributed by atoms with Crippen LogP contribution in [0.2, 0.25) is 0 Å². The zero-order valence-corrected chi connectivity index (χ0v) is 52.9. The van der Waals surface area contributed by atoms with Gasteiger partial charge in [-0.1, -0.05) is 93.2 Å². The summed E-state index contributed by atoms with van der Waals surface area (Å²) in [6.45, 7) is 20.7. The van der Waals surface area contributed by atoms with Crippen molar-refractivity contribution < 1.29 is 24.1 Å². The van der Waals surface area contributed by atoms with Gasteiger partial charge in [-0.2, -0.15) is 0 Å². The maximum atomic E-state index is 7.01. The Balaban J connectivity index is 0.901. The molecule has 13 aromatic rings. The molecule has 2 aliphatic rings. The van der Waals surface area contributed by atoms with Crippen LogP contribution < -0.4 is 4.74 Å². The number of hydrogen-bond acceptors (Lipinski definition) is 3. The van der Waals surface area contributed by atoms with E-state index >= 15 is 0 Å². The van der Waals surface area contributed by atoms with Crippen LogP contribution in [0.15, 0.2) is 234 Å². The normalized spacial score (nSPS) is 13.5. The van der Waals surface area contributed by atoms with E-state index in [0.717, 1.165) is 70.5 Å². The monoisotopic (exact) mass is 1310 g/mol. The van der Waals surface area contributed by atoms with Crippen LogP contribution >= 0.6 is 11.8 Å². The molecular weight excluding hydrogens is 1250 g/mol. The molecule has 0 saturated carbocycles. The molecule has 0 bridgehead atoms. The molecule has 4 heterocycles. The molecule has 0 saturated heterocycles. The van der Waals surface area contributed by atoms with Gasteiger partial charge in [-0.05, 0) is 62.6 Å². The Bertz CT molecular complexity index is 4900. The Labute approximate surface area is 519 Å². The molecule has 1 spiro atoms. The van der Waals surface area contributed by atoms with Crippen LogP contribution in [-0.2, 0) is 41.0 Å². The van der Waals surface area contributed by atoms with Crippen LogP contribution in [0, 0.1) is 15.9 Å². The fourth-order valence-corrected chi connectivity index (χ4v) is 15.7. The van der Waals surface area contributed by atoms with E-state index in [0.29, 0.717) is 11.5 Å². The molecule has 86 heavy (non-hydrogen) atoms. The predicted molar refractivity (Wildman–Crippen MR) is 351 cm³/mol. The first-order chi connectivity index (χ1) is 41.4. The van der Waals surface area contributed by atoms with Crippen molar-refractivity contribution in [2.75, 3.05) is 0 Å². The van der Waals surface area contributed by atoms with Crippen molar-refractivity contribution in [3.63, 3.8) is 0 Å². The third kappa shape index (κ3) is 8.61. The third-order valence-electron chi connectivity index (χ3n) is 17.7. The van der Waals surface area contributed by atoms with Gasteiger partial charge in [0.1, 0.15) is 0 Å². The van der Waals surface area contributed by atoms with Gasteiger partial charge < -0.3 is 0 Å². The zero-order valence-electron chi connectivity index (χ0n) is 49.8. The average molecular weight is 1310 g/mol. The Morgan fingerprint density at radius 1 is 0.430 bits per heavy atom. The molecule has 0 fully saturated rings. The van der Waals surface area contributed by atoms with Gasteiger partial charge in [0.15, 0.2) is 0 Å². The second-order valence-electron chi connectivity index (χ2n) is 26.1. The van der Waals surface area contributed by atoms with E-state index in [1.54, 1.807) is 0 Å². The molecule has 0 unspecified atom stereocenters. The fourth-order valence-electron chi connectivity index (χ4n) is 13.4. The molecule has 3 aromatic heterocycles. The van der Waals surface area contributed by atoms with Crippen LogP contribution in [0.3, 0.4) is 0 Å². The minimum atomic E-state index is -0.538. The van der Waals surface area contributed by atoms with Crippen LogP contribution in [-0.4, -0.2) is 18.7 Å². The summed E-state index contributed by atoms with van der Waals surface area (Å²) in [7, 11) is 0. The van der Waals surface area contributed by atoms with Crippen LogP contribution in [0.1, 0.15) is 101 Å². The van der Waals surface area contributed by atoms with Gasteiger partial charge in [0.25, 0.3) is 0 Å². The van der Waals surface area contributed by atoms with Crippen molar-refractivity contribution in [2.24, 2.45) is 0 Å². The molecule has 0 amide bonds. The summed E-state index contributed by atoms with van der Waals surface area (Å²) in [5.74, 6) is 2.00. The van der Waals surface area contributed by atoms with Gasteiger partial charge >= 0.3 is 346 Å². The summed E-state index contributed by atoms with van der Waals surface area (Å²) in [4.78, 5) is 7.73. The zero-order chi connectivity index (χ0) is 59.0. The first-order valence-corrected chi connectivity index (χ1v) is 31.6. The Hall–Kier alpha value is -8.54. The van der Waals surface area contributed by atoms with E-state index in [-0.39, 0.29) is 16.2 Å². The number of rotatable bonds is 7. The van der Waals surface area contributed by atoms with Gasteiger partial charge in [-0.25, -0.2) is 0 Å². The van der Waals surface area contributed by atoms with Crippen LogP contribution in [0.5, 0.6) is 11.5 Å². The SMILES string of the molecule is CC(C)(C)c1cc(-c2cccc(-c3ccccc3)c2-n2[c](=[Pt])n(-c3[c-]c(Oc4[c-]c5c(cc4)c4cc6c(cc4n5-c4cc(C(C)(C)C)ccn4)C4(c5ccccc5Sc5ccccc54)c4ccccc4-6)ccc3)c3ccccc32)cc(C(C)(C)C)c1. The quantitative estimate of drug-likeness (QED) is 0.149. The van der Waals surface area contributed by atoms with E-state index < -0.39 is 5.41 Å². The Morgan fingerprint density at radius 2 is 1.01 bits per heavy atom. The summed E-state index contributed by atoms with van der Waals surface area (Å²) in [6.07, 6.45) is 1.95. The maximum absolute atomic E-state index is 7.01. The second kappa shape index (κ2) is 20.0. The van der Waals surface area contributed by atoms with Gasteiger partial charge in [0.05, 0.1) is 5.41 Å². The van der Waals surface area contributed by atoms with Gasteiger partial charge in [0.2, 0.25) is 0 Å². The number of fused-ring (bicyclic) bond motifs is 13. The summed E-state index contributed by atoms with van der Waals surface area (Å²) in [5, 5.41) is 2.20. The fraction of sp³-hybridized carbons (Fsp3) is 0.165. The van der Waals surface area contributed by atoms with Crippen molar-refractivity contribution in [3.05, 3.63) is 279 Å². The van der Waals surface area contributed by atoms with Crippen molar-refractivity contribution in [1.29, 1.82) is 0 Å². The summed E-state index contributed by atoms with van der Waals surface area (Å²) in [5.41, 5.74) is 21.5. The molecule has 5 nitrogen and oxygen atoms in total. The first-order valence-electron chi connectivity index (χ1n) is 29.7. The first kappa shape index (κ1) is 54.1. The van der Waals surface area contributed by atoms with Crippen molar-refractivity contribution in [2.45, 2.75) is 93.8 Å². The number of para-hydroxylation sites is 3. The Kier molecular flexibility index (Phi) is 12.6. The predicted octanol–water partition coefficient (Wildman–Crippen LogP) is 20.4. The van der Waals surface area contributed by atoms with Crippen molar-refractivity contribution >= 4 is 44.6 Å². The van der Waals surface area contributed by atoms with E-state index in [1.807, 2.05) is 24.0 Å². The molecule has 0 N–H and O–H groups in total. The number of imidazole rings is 1. The van der Waals surface area contributed by atoms with Gasteiger partial charge in [-0.3, -0.25) is 0 Å². The molecule has 1 aliphatic heterocycles. The van der Waals surface area contributed by atoms with E-state index in [2.05, 4.69) is 320 Å². The molecule has 15 rings (SSSR count). The Morgan fingerprint density at radius 3 is 1.70 bits per heavy atom. The topological polar surface area (TPSA) is 36.9 Å². The standard InChI is InChI=1S/C79H64N4OS.Pt/c1-76(2,3)52-39-40-80-74(44-52)83-70-46-57(37-38-61(70)63-47-62-60-27-13-14-30-64(60)79(67(62)48-71(63)83)65-31-15-19-35-72(65)85-73-36-20-16-32-66(73)79)84-56-26-21-25-55(45-56)81-49-82(69-34-18-17-33-68(69)81)75-58(50-23-11-10-12-24-50)28-22-29-59(75)51-41-53(77(4,5)6)43-54(42-51)78(7,8)9;/h10-44,47-48H,1-9H3;/q-2;. The second-order valence-corrected chi connectivity index (χ2v) is 28.2. The van der Waals surface area contributed by atoms with Gasteiger partial charge in [-0.15, -0.1) is 0 Å². The molecule has 7 heteroatoms. The number of aromatic nitrogens is 4. The van der Waals surface area contributed by atoms with E-state index in [4.69, 9.17) is 9.72 Å². The number of pyridine rings is 1. The molecule has 10 aromatic carbocycles. The molecule has 0 radical (unpaired) electrons. The summed E-state index contributed by atoms with van der Waals surface area (Å²) < 4.78 is 15.1. The van der Waals surface area contributed by atoms with Gasteiger partial charge in [0, 0.05) is 16.0 Å². The average Bonchev–Trinajstić information content (AvgIpc) is 1.49. The molecule has 424 valence electrons. The van der Waals surface area contributed by atoms with Crippen molar-refractivity contribution in [3.8, 4) is 62.1 Å².